The standard InChI is InChI=1S/C10H9NO2.CH4O/c11-7-9(5-6-12)8-1-3-10(13)4-2-8;1-2/h1-4,6,9,13H,5H2;2H,1H3. The van der Waals surface area contributed by atoms with Gasteiger partial charge in [-0.1, -0.05) is 12.1 Å². The molecule has 0 aliphatic rings. The number of aldehydes is 1. The highest BCUT2D eigenvalue weighted by Crippen LogP contribution is 2.19. The Bertz CT molecular complexity index is 327. The minimum absolute atomic E-state index is 0.159. The van der Waals surface area contributed by atoms with Crippen LogP contribution in [-0.4, -0.2) is 23.6 Å². The van der Waals surface area contributed by atoms with Crippen LogP contribution in [0.2, 0.25) is 0 Å². The number of aromatic hydroxyl groups is 1. The highest BCUT2D eigenvalue weighted by atomic mass is 16.3. The van der Waals surface area contributed by atoms with Crippen LogP contribution in [0.15, 0.2) is 24.3 Å². The molecule has 0 bridgehead atoms. The molecule has 15 heavy (non-hydrogen) atoms. The number of carbonyl (C=O) groups excluding carboxylic acids is 1. The lowest BCUT2D eigenvalue weighted by atomic mass is 9.98. The molecule has 0 heterocycles. The van der Waals surface area contributed by atoms with Gasteiger partial charge in [0.15, 0.2) is 0 Å². The van der Waals surface area contributed by atoms with E-state index in [1.165, 1.54) is 12.1 Å². The van der Waals surface area contributed by atoms with Crippen molar-refractivity contribution < 1.29 is 15.0 Å². The van der Waals surface area contributed by atoms with Gasteiger partial charge in [-0.3, -0.25) is 0 Å². The van der Waals surface area contributed by atoms with Crippen LogP contribution >= 0.6 is 0 Å². The van der Waals surface area contributed by atoms with Gasteiger partial charge in [0, 0.05) is 13.5 Å². The van der Waals surface area contributed by atoms with Crippen molar-refractivity contribution in [1.29, 1.82) is 5.26 Å². The molecule has 1 unspecified atom stereocenters. The predicted octanol–water partition coefficient (Wildman–Crippen LogP) is 1.20. The second-order valence-electron chi connectivity index (χ2n) is 2.68. The number of rotatable bonds is 3. The summed E-state index contributed by atoms with van der Waals surface area (Å²) in [6.45, 7) is 0. The third-order valence-corrected chi connectivity index (χ3v) is 1.78. The van der Waals surface area contributed by atoms with Crippen molar-refractivity contribution in [2.45, 2.75) is 12.3 Å². The molecule has 1 rings (SSSR count). The van der Waals surface area contributed by atoms with E-state index < -0.39 is 5.92 Å². The molecule has 0 amide bonds. The Balaban J connectivity index is 0.000000921. The average molecular weight is 207 g/mol. The highest BCUT2D eigenvalue weighted by molar-refractivity contribution is 5.53. The fourth-order valence-electron chi connectivity index (χ4n) is 1.07. The maximum Gasteiger partial charge on any atom is 0.121 e. The van der Waals surface area contributed by atoms with Gasteiger partial charge in [-0.15, -0.1) is 0 Å². The van der Waals surface area contributed by atoms with Crippen LogP contribution in [0.4, 0.5) is 0 Å². The Morgan fingerprint density at radius 2 is 1.93 bits per heavy atom. The SMILES string of the molecule is CO.N#CC(CC=O)c1ccc(O)cc1. The van der Waals surface area contributed by atoms with Crippen molar-refractivity contribution in [3.8, 4) is 11.8 Å². The monoisotopic (exact) mass is 207 g/mol. The van der Waals surface area contributed by atoms with E-state index in [0.29, 0.717) is 0 Å². The molecule has 0 aromatic heterocycles. The van der Waals surface area contributed by atoms with Crippen molar-refractivity contribution in [3.63, 3.8) is 0 Å². The Morgan fingerprint density at radius 1 is 1.40 bits per heavy atom. The lowest BCUT2D eigenvalue weighted by molar-refractivity contribution is -0.107. The number of benzene rings is 1. The number of nitriles is 1. The Labute approximate surface area is 88.4 Å². The lowest BCUT2D eigenvalue weighted by Gasteiger charge is -2.04. The zero-order valence-corrected chi connectivity index (χ0v) is 8.42. The van der Waals surface area contributed by atoms with E-state index in [9.17, 15) is 4.79 Å². The predicted molar refractivity (Wildman–Crippen MR) is 55.3 cm³/mol. The molecule has 1 aromatic carbocycles. The number of phenols is 1. The van der Waals surface area contributed by atoms with Gasteiger partial charge in [-0.25, -0.2) is 0 Å². The second kappa shape index (κ2) is 7.54. The van der Waals surface area contributed by atoms with Gasteiger partial charge in [0.2, 0.25) is 0 Å². The van der Waals surface area contributed by atoms with Crippen LogP contribution < -0.4 is 0 Å². The molecule has 0 aliphatic carbocycles. The van der Waals surface area contributed by atoms with Gasteiger partial charge < -0.3 is 15.0 Å². The maximum absolute atomic E-state index is 10.2. The summed E-state index contributed by atoms with van der Waals surface area (Å²) in [5, 5.41) is 24.7. The van der Waals surface area contributed by atoms with Gasteiger partial charge in [-0.05, 0) is 17.7 Å². The molecular weight excluding hydrogens is 194 g/mol. The van der Waals surface area contributed by atoms with Crippen LogP contribution in [0, 0.1) is 11.3 Å². The smallest absolute Gasteiger partial charge is 0.121 e. The second-order valence-corrected chi connectivity index (χ2v) is 2.68. The summed E-state index contributed by atoms with van der Waals surface area (Å²) < 4.78 is 0. The molecule has 0 saturated carbocycles. The van der Waals surface area contributed by atoms with E-state index in [4.69, 9.17) is 15.5 Å². The first kappa shape index (κ1) is 13.1. The van der Waals surface area contributed by atoms with E-state index in [-0.39, 0.29) is 12.2 Å². The van der Waals surface area contributed by atoms with Crippen LogP contribution in [0.25, 0.3) is 0 Å². The van der Waals surface area contributed by atoms with Crippen molar-refractivity contribution in [2.24, 2.45) is 0 Å². The summed E-state index contributed by atoms with van der Waals surface area (Å²) in [4.78, 5) is 10.2. The van der Waals surface area contributed by atoms with Crippen LogP contribution in [0.3, 0.4) is 0 Å². The molecule has 2 N–H and O–H groups in total. The first-order valence-corrected chi connectivity index (χ1v) is 4.35. The summed E-state index contributed by atoms with van der Waals surface area (Å²) in [6, 6.07) is 8.33. The minimum Gasteiger partial charge on any atom is -0.508 e. The number of phenolic OH excluding ortho intramolecular Hbond substituents is 1. The summed E-state index contributed by atoms with van der Waals surface area (Å²) in [5.41, 5.74) is 0.757. The minimum atomic E-state index is -0.405. The fourth-order valence-corrected chi connectivity index (χ4v) is 1.07. The van der Waals surface area contributed by atoms with Gasteiger partial charge in [0.1, 0.15) is 12.0 Å². The Kier molecular flexibility index (Phi) is 6.60. The third-order valence-electron chi connectivity index (χ3n) is 1.78. The van der Waals surface area contributed by atoms with Gasteiger partial charge in [-0.2, -0.15) is 5.26 Å². The molecule has 0 spiro atoms. The zero-order chi connectivity index (χ0) is 11.7. The summed E-state index contributed by atoms with van der Waals surface area (Å²) in [6.07, 6.45) is 0.919. The van der Waals surface area contributed by atoms with Crippen molar-refractivity contribution >= 4 is 6.29 Å². The number of hydrogen-bond acceptors (Lipinski definition) is 4. The fraction of sp³-hybridized carbons (Fsp3) is 0.273. The van der Waals surface area contributed by atoms with Gasteiger partial charge in [0.25, 0.3) is 0 Å². The van der Waals surface area contributed by atoms with Crippen molar-refractivity contribution in [2.75, 3.05) is 7.11 Å². The van der Waals surface area contributed by atoms with E-state index in [1.807, 2.05) is 6.07 Å². The van der Waals surface area contributed by atoms with E-state index in [1.54, 1.807) is 12.1 Å². The van der Waals surface area contributed by atoms with Crippen molar-refractivity contribution in [1.82, 2.24) is 0 Å². The van der Waals surface area contributed by atoms with E-state index >= 15 is 0 Å². The Hall–Kier alpha value is -1.86. The van der Waals surface area contributed by atoms with Gasteiger partial charge >= 0.3 is 0 Å². The lowest BCUT2D eigenvalue weighted by Crippen LogP contribution is -1.95. The van der Waals surface area contributed by atoms with Crippen molar-refractivity contribution in [3.05, 3.63) is 29.8 Å². The molecule has 4 nitrogen and oxygen atoms in total. The zero-order valence-electron chi connectivity index (χ0n) is 8.42. The summed E-state index contributed by atoms with van der Waals surface area (Å²) in [7, 11) is 1.00. The summed E-state index contributed by atoms with van der Waals surface area (Å²) in [5.74, 6) is -0.246. The third kappa shape index (κ3) is 4.25. The number of aliphatic hydroxyl groups is 1. The number of aliphatic hydroxyl groups excluding tert-OH is 1. The summed E-state index contributed by atoms with van der Waals surface area (Å²) >= 11 is 0. The number of carbonyl (C=O) groups is 1. The largest absolute Gasteiger partial charge is 0.508 e. The van der Waals surface area contributed by atoms with Crippen LogP contribution in [-0.2, 0) is 4.79 Å². The van der Waals surface area contributed by atoms with E-state index in [0.717, 1.165) is 19.0 Å². The molecule has 1 atom stereocenters. The van der Waals surface area contributed by atoms with Crippen LogP contribution in [0.1, 0.15) is 17.9 Å². The average Bonchev–Trinajstić information content (AvgIpc) is 2.30. The topological polar surface area (TPSA) is 81.3 Å². The maximum atomic E-state index is 10.2. The molecule has 0 radical (unpaired) electrons. The van der Waals surface area contributed by atoms with Gasteiger partial charge in [0.05, 0.1) is 12.0 Å². The molecular formula is C11H13NO3. The quantitative estimate of drug-likeness (QED) is 0.729. The molecule has 0 fully saturated rings. The molecule has 0 aliphatic heterocycles. The first-order chi connectivity index (χ1) is 7.27. The molecule has 4 heteroatoms. The Morgan fingerprint density at radius 3 is 2.33 bits per heavy atom. The number of hydrogen-bond donors (Lipinski definition) is 2. The normalized spacial score (nSPS) is 10.5. The molecule has 0 saturated heterocycles. The highest BCUT2D eigenvalue weighted by Gasteiger charge is 2.08. The molecule has 1 aromatic rings. The number of nitrogens with zero attached hydrogens (tertiary/aromatic N) is 1. The first-order valence-electron chi connectivity index (χ1n) is 4.35. The van der Waals surface area contributed by atoms with Crippen LogP contribution in [0.5, 0.6) is 5.75 Å². The van der Waals surface area contributed by atoms with E-state index in [2.05, 4.69) is 0 Å². The molecule has 80 valence electrons.